The van der Waals surface area contributed by atoms with Gasteiger partial charge in [-0.2, -0.15) is 0 Å². The molecule has 0 radical (unpaired) electrons. The Balaban J connectivity index is 2.41. The summed E-state index contributed by atoms with van der Waals surface area (Å²) in [5.74, 6) is 0. The smallest absolute Gasteiger partial charge is 0.0211 e. The minimum Gasteiger partial charge on any atom is -0.326 e. The maximum atomic E-state index is 5.71. The zero-order chi connectivity index (χ0) is 11.8. The fourth-order valence-corrected chi connectivity index (χ4v) is 1.83. The maximum Gasteiger partial charge on any atom is 0.0211 e. The monoisotopic (exact) mass is 220 g/mol. The molecule has 0 heterocycles. The van der Waals surface area contributed by atoms with Crippen LogP contribution in [0.25, 0.3) is 0 Å². The topological polar surface area (TPSA) is 38.0 Å². The van der Waals surface area contributed by atoms with E-state index in [1.807, 2.05) is 6.07 Å². The first-order chi connectivity index (χ1) is 7.77. The highest BCUT2D eigenvalue weighted by Gasteiger charge is 2.03. The van der Waals surface area contributed by atoms with Gasteiger partial charge in [-0.3, -0.25) is 0 Å². The fourth-order valence-electron chi connectivity index (χ4n) is 1.83. The van der Waals surface area contributed by atoms with Gasteiger partial charge in [-0.05, 0) is 24.5 Å². The number of unbranched alkanes of at least 4 members (excludes halogenated alkanes) is 1. The number of benzene rings is 1. The second-order valence-corrected chi connectivity index (χ2v) is 4.40. The van der Waals surface area contributed by atoms with E-state index in [1.54, 1.807) is 0 Å². The Bertz CT molecular complexity index is 297. The predicted octanol–water partition coefficient (Wildman–Crippen LogP) is 2.81. The lowest BCUT2D eigenvalue weighted by molar-refractivity contribution is 0.494. The predicted molar refractivity (Wildman–Crippen MR) is 70.2 cm³/mol. The summed E-state index contributed by atoms with van der Waals surface area (Å²) in [6.45, 7) is 6.04. The van der Waals surface area contributed by atoms with E-state index in [0.717, 1.165) is 6.54 Å². The summed E-state index contributed by atoms with van der Waals surface area (Å²) < 4.78 is 0. The van der Waals surface area contributed by atoms with Crippen molar-refractivity contribution >= 4 is 0 Å². The molecule has 1 atom stereocenters. The van der Waals surface area contributed by atoms with Crippen LogP contribution in [0.3, 0.4) is 0 Å². The van der Waals surface area contributed by atoms with Crippen LogP contribution in [0, 0.1) is 0 Å². The van der Waals surface area contributed by atoms with Gasteiger partial charge < -0.3 is 11.1 Å². The Hall–Kier alpha value is -0.860. The van der Waals surface area contributed by atoms with E-state index in [2.05, 4.69) is 37.4 Å². The van der Waals surface area contributed by atoms with Gasteiger partial charge in [-0.25, -0.2) is 0 Å². The number of hydrogen-bond donors (Lipinski definition) is 2. The molecule has 0 aliphatic heterocycles. The van der Waals surface area contributed by atoms with Crippen LogP contribution in [0.4, 0.5) is 0 Å². The van der Waals surface area contributed by atoms with Crippen molar-refractivity contribution in [2.45, 2.75) is 52.2 Å². The summed E-state index contributed by atoms with van der Waals surface area (Å²) in [5.41, 5.74) is 8.28. The van der Waals surface area contributed by atoms with Gasteiger partial charge in [0.15, 0.2) is 0 Å². The molecular weight excluding hydrogens is 196 g/mol. The summed E-state index contributed by atoms with van der Waals surface area (Å²) >= 11 is 0. The highest BCUT2D eigenvalue weighted by molar-refractivity contribution is 5.26. The van der Waals surface area contributed by atoms with Gasteiger partial charge >= 0.3 is 0 Å². The largest absolute Gasteiger partial charge is 0.326 e. The molecule has 0 aromatic heterocycles. The molecule has 16 heavy (non-hydrogen) atoms. The molecular formula is C14H24N2. The van der Waals surface area contributed by atoms with E-state index >= 15 is 0 Å². The molecule has 0 aliphatic rings. The first kappa shape index (κ1) is 13.2. The van der Waals surface area contributed by atoms with Gasteiger partial charge in [0.2, 0.25) is 0 Å². The quantitative estimate of drug-likeness (QED) is 0.741. The van der Waals surface area contributed by atoms with Crippen molar-refractivity contribution in [3.05, 3.63) is 35.4 Å². The van der Waals surface area contributed by atoms with Crippen molar-refractivity contribution in [1.82, 2.24) is 5.32 Å². The van der Waals surface area contributed by atoms with E-state index in [0.29, 0.717) is 12.6 Å². The van der Waals surface area contributed by atoms with E-state index in [-0.39, 0.29) is 0 Å². The normalized spacial score (nSPS) is 12.7. The third-order valence-corrected chi connectivity index (χ3v) is 2.97. The van der Waals surface area contributed by atoms with E-state index in [4.69, 9.17) is 5.73 Å². The Morgan fingerprint density at radius 1 is 1.25 bits per heavy atom. The highest BCUT2D eigenvalue weighted by atomic mass is 14.9. The van der Waals surface area contributed by atoms with Gasteiger partial charge in [0.25, 0.3) is 0 Å². The second-order valence-electron chi connectivity index (χ2n) is 4.40. The molecule has 1 unspecified atom stereocenters. The SMILES string of the molecule is CCCCC(C)NCc1ccccc1CN. The average molecular weight is 220 g/mol. The lowest BCUT2D eigenvalue weighted by atomic mass is 10.1. The second kappa shape index (κ2) is 7.42. The van der Waals surface area contributed by atoms with Gasteiger partial charge in [0, 0.05) is 19.1 Å². The molecule has 0 fully saturated rings. The third-order valence-electron chi connectivity index (χ3n) is 2.97. The van der Waals surface area contributed by atoms with Crippen molar-refractivity contribution in [2.75, 3.05) is 0 Å². The first-order valence-electron chi connectivity index (χ1n) is 6.28. The average Bonchev–Trinajstić information content (AvgIpc) is 2.34. The molecule has 0 bridgehead atoms. The van der Waals surface area contributed by atoms with Crippen LogP contribution in [-0.4, -0.2) is 6.04 Å². The van der Waals surface area contributed by atoms with Crippen molar-refractivity contribution < 1.29 is 0 Å². The van der Waals surface area contributed by atoms with Crippen molar-refractivity contribution in [3.63, 3.8) is 0 Å². The third kappa shape index (κ3) is 4.33. The van der Waals surface area contributed by atoms with Gasteiger partial charge in [-0.15, -0.1) is 0 Å². The van der Waals surface area contributed by atoms with E-state index in [9.17, 15) is 0 Å². The zero-order valence-corrected chi connectivity index (χ0v) is 10.5. The molecule has 1 aromatic carbocycles. The van der Waals surface area contributed by atoms with Crippen molar-refractivity contribution in [2.24, 2.45) is 5.73 Å². The Morgan fingerprint density at radius 2 is 1.94 bits per heavy atom. The van der Waals surface area contributed by atoms with Crippen LogP contribution in [0.2, 0.25) is 0 Å². The summed E-state index contributed by atoms with van der Waals surface area (Å²) in [6.07, 6.45) is 3.82. The molecule has 3 N–H and O–H groups in total. The molecule has 0 spiro atoms. The summed E-state index contributed by atoms with van der Waals surface area (Å²) in [7, 11) is 0. The zero-order valence-electron chi connectivity index (χ0n) is 10.5. The first-order valence-corrected chi connectivity index (χ1v) is 6.28. The van der Waals surface area contributed by atoms with Crippen LogP contribution in [-0.2, 0) is 13.1 Å². The van der Waals surface area contributed by atoms with Crippen LogP contribution in [0.1, 0.15) is 44.2 Å². The molecule has 1 aromatic rings. The van der Waals surface area contributed by atoms with Crippen molar-refractivity contribution in [3.8, 4) is 0 Å². The summed E-state index contributed by atoms with van der Waals surface area (Å²) in [5, 5.41) is 3.55. The van der Waals surface area contributed by atoms with Crippen LogP contribution < -0.4 is 11.1 Å². The molecule has 90 valence electrons. The molecule has 2 heteroatoms. The van der Waals surface area contributed by atoms with Crippen LogP contribution >= 0.6 is 0 Å². The van der Waals surface area contributed by atoms with E-state index in [1.165, 1.54) is 30.4 Å². The van der Waals surface area contributed by atoms with E-state index < -0.39 is 0 Å². The highest BCUT2D eigenvalue weighted by Crippen LogP contribution is 2.08. The summed E-state index contributed by atoms with van der Waals surface area (Å²) in [6, 6.07) is 8.97. The molecule has 2 nitrogen and oxygen atoms in total. The minimum absolute atomic E-state index is 0.589. The number of nitrogens with one attached hydrogen (secondary N) is 1. The fraction of sp³-hybridized carbons (Fsp3) is 0.571. The van der Waals surface area contributed by atoms with Crippen LogP contribution in [0.15, 0.2) is 24.3 Å². The number of nitrogens with two attached hydrogens (primary N) is 1. The molecule has 0 amide bonds. The van der Waals surface area contributed by atoms with Gasteiger partial charge in [-0.1, -0.05) is 44.0 Å². The molecule has 1 rings (SSSR count). The summed E-state index contributed by atoms with van der Waals surface area (Å²) in [4.78, 5) is 0. The Kier molecular flexibility index (Phi) is 6.12. The minimum atomic E-state index is 0.589. The molecule has 0 aliphatic carbocycles. The molecule has 0 saturated heterocycles. The maximum absolute atomic E-state index is 5.71. The van der Waals surface area contributed by atoms with Gasteiger partial charge in [0.1, 0.15) is 0 Å². The Labute approximate surface area is 99.2 Å². The number of rotatable bonds is 7. The Morgan fingerprint density at radius 3 is 2.56 bits per heavy atom. The molecule has 0 saturated carbocycles. The van der Waals surface area contributed by atoms with Crippen LogP contribution in [0.5, 0.6) is 0 Å². The lowest BCUT2D eigenvalue weighted by Crippen LogP contribution is -2.26. The number of hydrogen-bond acceptors (Lipinski definition) is 2. The standard InChI is InChI=1S/C14H24N2/c1-3-4-7-12(2)16-11-14-9-6-5-8-13(14)10-15/h5-6,8-9,12,16H,3-4,7,10-11,15H2,1-2H3. The van der Waals surface area contributed by atoms with Gasteiger partial charge in [0.05, 0.1) is 0 Å². The lowest BCUT2D eigenvalue weighted by Gasteiger charge is -2.15. The van der Waals surface area contributed by atoms with Crippen molar-refractivity contribution in [1.29, 1.82) is 0 Å².